The normalized spacial score (nSPS) is 37.1. The molecule has 0 radical (unpaired) electrons. The van der Waals surface area contributed by atoms with E-state index < -0.39 is 0 Å². The minimum absolute atomic E-state index is 0.0486. The number of carbonyl (C=O) groups is 1. The van der Waals surface area contributed by atoms with Crippen molar-refractivity contribution in [3.63, 3.8) is 0 Å². The van der Waals surface area contributed by atoms with Crippen molar-refractivity contribution in [2.45, 2.75) is 25.4 Å². The summed E-state index contributed by atoms with van der Waals surface area (Å²) in [5, 5.41) is 9.67. The van der Waals surface area contributed by atoms with E-state index in [0.717, 1.165) is 19.3 Å². The number of aliphatic hydroxyl groups is 1. The van der Waals surface area contributed by atoms with Crippen LogP contribution in [-0.4, -0.2) is 24.3 Å². The summed E-state index contributed by atoms with van der Waals surface area (Å²) >= 11 is 0. The molecule has 1 fully saturated rings. The molecule has 1 N–H and O–H groups in total. The topological polar surface area (TPSA) is 46.5 Å². The molecule has 2 rings (SSSR count). The molecule has 0 bridgehead atoms. The highest BCUT2D eigenvalue weighted by Gasteiger charge is 2.42. The Bertz CT molecular complexity index is 257. The van der Waals surface area contributed by atoms with Crippen molar-refractivity contribution in [3.05, 3.63) is 11.6 Å². The second-order valence-corrected chi connectivity index (χ2v) is 3.82. The zero-order chi connectivity index (χ0) is 9.42. The highest BCUT2D eigenvalue weighted by molar-refractivity contribution is 5.89. The van der Waals surface area contributed by atoms with Crippen LogP contribution in [0.3, 0.4) is 0 Å². The number of esters is 1. The summed E-state index contributed by atoms with van der Waals surface area (Å²) in [7, 11) is 1.39. The molecule has 3 nitrogen and oxygen atoms in total. The van der Waals surface area contributed by atoms with Crippen molar-refractivity contribution in [2.75, 3.05) is 7.11 Å². The predicted molar refractivity (Wildman–Crippen MR) is 46.9 cm³/mol. The maximum absolute atomic E-state index is 11.3. The summed E-state index contributed by atoms with van der Waals surface area (Å²) in [5.41, 5.74) is 0.692. The van der Waals surface area contributed by atoms with E-state index in [1.54, 1.807) is 0 Å². The maximum Gasteiger partial charge on any atom is 0.333 e. The lowest BCUT2D eigenvalue weighted by Gasteiger charge is -2.16. The summed E-state index contributed by atoms with van der Waals surface area (Å²) < 4.78 is 4.67. The number of allylic oxidation sites excluding steroid dienone is 1. The van der Waals surface area contributed by atoms with Crippen LogP contribution >= 0.6 is 0 Å². The first-order valence-electron chi connectivity index (χ1n) is 4.70. The highest BCUT2D eigenvalue weighted by Crippen LogP contribution is 2.44. The number of carbonyl (C=O) groups excluding carboxylic acids is 1. The van der Waals surface area contributed by atoms with Crippen LogP contribution in [0.1, 0.15) is 19.3 Å². The van der Waals surface area contributed by atoms with E-state index in [9.17, 15) is 9.90 Å². The molecule has 0 aromatic heterocycles. The maximum atomic E-state index is 11.3. The largest absolute Gasteiger partial charge is 0.466 e. The minimum atomic E-state index is -0.335. The molecule has 2 aliphatic carbocycles. The fourth-order valence-electron chi connectivity index (χ4n) is 2.54. The van der Waals surface area contributed by atoms with Gasteiger partial charge in [-0.1, -0.05) is 6.08 Å². The van der Waals surface area contributed by atoms with Gasteiger partial charge in [0.2, 0.25) is 0 Å². The van der Waals surface area contributed by atoms with Crippen molar-refractivity contribution in [2.24, 2.45) is 11.8 Å². The molecule has 72 valence electrons. The third-order valence-corrected chi connectivity index (χ3v) is 3.18. The lowest BCUT2D eigenvalue weighted by molar-refractivity contribution is -0.137. The van der Waals surface area contributed by atoms with Crippen LogP contribution in [0.4, 0.5) is 0 Å². The molecule has 0 aliphatic heterocycles. The van der Waals surface area contributed by atoms with Gasteiger partial charge in [0.15, 0.2) is 0 Å². The van der Waals surface area contributed by atoms with Gasteiger partial charge in [0.1, 0.15) is 0 Å². The van der Waals surface area contributed by atoms with E-state index in [-0.39, 0.29) is 18.0 Å². The average molecular weight is 182 g/mol. The number of methoxy groups -OCH3 is 1. The first-order valence-corrected chi connectivity index (χ1v) is 4.70. The van der Waals surface area contributed by atoms with Gasteiger partial charge in [-0.25, -0.2) is 4.79 Å². The van der Waals surface area contributed by atoms with E-state index in [0.29, 0.717) is 11.5 Å². The molecule has 3 unspecified atom stereocenters. The number of aliphatic hydroxyl groups excluding tert-OH is 1. The van der Waals surface area contributed by atoms with Gasteiger partial charge in [-0.2, -0.15) is 0 Å². The van der Waals surface area contributed by atoms with Crippen LogP contribution in [0, 0.1) is 11.8 Å². The van der Waals surface area contributed by atoms with Crippen LogP contribution in [0.5, 0.6) is 0 Å². The van der Waals surface area contributed by atoms with Crippen LogP contribution in [0.15, 0.2) is 11.6 Å². The van der Waals surface area contributed by atoms with Gasteiger partial charge in [0.05, 0.1) is 13.2 Å². The van der Waals surface area contributed by atoms with Crippen LogP contribution in [0.25, 0.3) is 0 Å². The van der Waals surface area contributed by atoms with Crippen molar-refractivity contribution >= 4 is 5.97 Å². The Morgan fingerprint density at radius 2 is 2.38 bits per heavy atom. The number of ether oxygens (including phenoxy) is 1. The summed E-state index contributed by atoms with van der Waals surface area (Å²) in [6.07, 6.45) is 4.36. The molecule has 0 aromatic carbocycles. The summed E-state index contributed by atoms with van der Waals surface area (Å²) in [6, 6.07) is 0. The number of rotatable bonds is 1. The molecule has 2 aliphatic rings. The van der Waals surface area contributed by atoms with Crippen molar-refractivity contribution in [3.8, 4) is 0 Å². The van der Waals surface area contributed by atoms with E-state index >= 15 is 0 Å². The van der Waals surface area contributed by atoms with E-state index in [1.165, 1.54) is 7.11 Å². The Labute approximate surface area is 77.4 Å². The Kier molecular flexibility index (Phi) is 2.12. The number of fused-ring (bicyclic) bond motifs is 1. The lowest BCUT2D eigenvalue weighted by atomic mass is 9.93. The monoisotopic (exact) mass is 182 g/mol. The fraction of sp³-hybridized carbons (Fsp3) is 0.700. The number of hydrogen-bond donors (Lipinski definition) is 1. The van der Waals surface area contributed by atoms with Crippen molar-refractivity contribution in [1.29, 1.82) is 0 Å². The van der Waals surface area contributed by atoms with Crippen LogP contribution in [-0.2, 0) is 9.53 Å². The first-order chi connectivity index (χ1) is 6.24. The van der Waals surface area contributed by atoms with Gasteiger partial charge in [0, 0.05) is 11.5 Å². The lowest BCUT2D eigenvalue weighted by Crippen LogP contribution is -2.22. The molecule has 3 atom stereocenters. The van der Waals surface area contributed by atoms with Gasteiger partial charge < -0.3 is 9.84 Å². The standard InChI is InChI=1S/C10H14O3/c1-13-10(12)7-4-2-6-3-5-8(11)9(6)7/h4,6,8-9,11H,2-3,5H2,1H3. The molecule has 1 saturated carbocycles. The van der Waals surface area contributed by atoms with E-state index in [4.69, 9.17) is 0 Å². The molecular weight excluding hydrogens is 168 g/mol. The first kappa shape index (κ1) is 8.75. The van der Waals surface area contributed by atoms with Gasteiger partial charge >= 0.3 is 5.97 Å². The predicted octanol–water partition coefficient (Wildman–Crippen LogP) is 0.877. The summed E-state index contributed by atoms with van der Waals surface area (Å²) in [6.45, 7) is 0. The third kappa shape index (κ3) is 1.27. The molecule has 0 heterocycles. The molecule has 0 amide bonds. The molecule has 0 aromatic rings. The smallest absolute Gasteiger partial charge is 0.333 e. The molecule has 3 heteroatoms. The quantitative estimate of drug-likeness (QED) is 0.612. The Balaban J connectivity index is 2.17. The van der Waals surface area contributed by atoms with Crippen LogP contribution in [0.2, 0.25) is 0 Å². The van der Waals surface area contributed by atoms with Gasteiger partial charge in [-0.15, -0.1) is 0 Å². The zero-order valence-electron chi connectivity index (χ0n) is 7.69. The zero-order valence-corrected chi connectivity index (χ0v) is 7.69. The second kappa shape index (κ2) is 3.14. The van der Waals surface area contributed by atoms with Gasteiger partial charge in [-0.3, -0.25) is 0 Å². The Morgan fingerprint density at radius 3 is 3.08 bits per heavy atom. The van der Waals surface area contributed by atoms with Gasteiger partial charge in [-0.05, 0) is 25.2 Å². The van der Waals surface area contributed by atoms with Crippen molar-refractivity contribution < 1.29 is 14.6 Å². The molecule has 13 heavy (non-hydrogen) atoms. The average Bonchev–Trinajstić information content (AvgIpc) is 2.68. The molecule has 0 saturated heterocycles. The minimum Gasteiger partial charge on any atom is -0.466 e. The van der Waals surface area contributed by atoms with Crippen molar-refractivity contribution in [1.82, 2.24) is 0 Å². The Hall–Kier alpha value is -0.830. The van der Waals surface area contributed by atoms with Crippen LogP contribution < -0.4 is 0 Å². The van der Waals surface area contributed by atoms with Gasteiger partial charge in [0.25, 0.3) is 0 Å². The van der Waals surface area contributed by atoms with E-state index in [1.807, 2.05) is 6.08 Å². The SMILES string of the molecule is COC(=O)C1=CCC2CCC(O)C12. The Morgan fingerprint density at radius 1 is 1.62 bits per heavy atom. The third-order valence-electron chi connectivity index (χ3n) is 3.18. The summed E-state index contributed by atoms with van der Waals surface area (Å²) in [5.74, 6) is 0.255. The number of hydrogen-bond acceptors (Lipinski definition) is 3. The molecular formula is C10H14O3. The molecule has 0 spiro atoms. The summed E-state index contributed by atoms with van der Waals surface area (Å²) in [4.78, 5) is 11.3. The fourth-order valence-corrected chi connectivity index (χ4v) is 2.54. The van der Waals surface area contributed by atoms with E-state index in [2.05, 4.69) is 4.74 Å². The second-order valence-electron chi connectivity index (χ2n) is 3.82. The highest BCUT2D eigenvalue weighted by atomic mass is 16.5.